The summed E-state index contributed by atoms with van der Waals surface area (Å²) >= 11 is 0. The van der Waals surface area contributed by atoms with Crippen molar-refractivity contribution in [3.05, 3.63) is 24.5 Å². The lowest BCUT2D eigenvalue weighted by Crippen LogP contribution is -2.51. The van der Waals surface area contributed by atoms with Crippen LogP contribution in [0.15, 0.2) is 24.5 Å². The van der Waals surface area contributed by atoms with Gasteiger partial charge in [0.2, 0.25) is 5.91 Å². The van der Waals surface area contributed by atoms with Crippen LogP contribution >= 0.6 is 0 Å². The van der Waals surface area contributed by atoms with E-state index in [-0.39, 0.29) is 29.8 Å². The maximum Gasteiger partial charge on any atom is 0.227 e. The van der Waals surface area contributed by atoms with E-state index in [1.807, 2.05) is 37.1 Å². The molecule has 3 heterocycles. The standard InChI is InChI=1S/C17H25N3O2/c1-12-9-20(10-13(2)16(12)21)17(22)14-5-7-19(11-14)15-4-3-6-18-8-15/h3-4,6,8,12-14,16,21H,5,7,9-11H2,1-2H3. The van der Waals surface area contributed by atoms with Crippen LogP contribution in [0.2, 0.25) is 0 Å². The second-order valence-corrected chi connectivity index (χ2v) is 6.83. The van der Waals surface area contributed by atoms with Gasteiger partial charge in [-0.1, -0.05) is 13.8 Å². The monoisotopic (exact) mass is 303 g/mol. The maximum absolute atomic E-state index is 12.8. The molecule has 0 aromatic carbocycles. The number of amides is 1. The van der Waals surface area contributed by atoms with E-state index in [2.05, 4.69) is 9.88 Å². The summed E-state index contributed by atoms with van der Waals surface area (Å²) in [6.07, 6.45) is 4.23. The smallest absolute Gasteiger partial charge is 0.227 e. The van der Waals surface area contributed by atoms with Gasteiger partial charge in [-0.25, -0.2) is 0 Å². The first-order chi connectivity index (χ1) is 10.6. The highest BCUT2D eigenvalue weighted by Gasteiger charge is 2.37. The molecule has 120 valence electrons. The molecule has 1 aromatic heterocycles. The minimum Gasteiger partial charge on any atom is -0.392 e. The molecule has 1 amide bonds. The van der Waals surface area contributed by atoms with E-state index in [0.717, 1.165) is 25.2 Å². The molecule has 0 aliphatic carbocycles. The van der Waals surface area contributed by atoms with Crippen LogP contribution in [-0.2, 0) is 4.79 Å². The highest BCUT2D eigenvalue weighted by Crippen LogP contribution is 2.28. The lowest BCUT2D eigenvalue weighted by atomic mass is 9.87. The van der Waals surface area contributed by atoms with Crippen molar-refractivity contribution < 1.29 is 9.90 Å². The molecule has 2 aliphatic heterocycles. The average molecular weight is 303 g/mol. The fourth-order valence-electron chi connectivity index (χ4n) is 3.72. The summed E-state index contributed by atoms with van der Waals surface area (Å²) in [5.41, 5.74) is 1.09. The Balaban J connectivity index is 1.62. The summed E-state index contributed by atoms with van der Waals surface area (Å²) < 4.78 is 0. The molecule has 0 saturated carbocycles. The van der Waals surface area contributed by atoms with Crippen LogP contribution in [0, 0.1) is 17.8 Å². The Morgan fingerprint density at radius 1 is 1.27 bits per heavy atom. The Hall–Kier alpha value is -1.62. The Morgan fingerprint density at radius 3 is 2.64 bits per heavy atom. The van der Waals surface area contributed by atoms with Gasteiger partial charge in [0, 0.05) is 32.4 Å². The fraction of sp³-hybridized carbons (Fsp3) is 0.647. The number of carbonyl (C=O) groups excluding carboxylic acids is 1. The second-order valence-electron chi connectivity index (χ2n) is 6.83. The molecule has 0 radical (unpaired) electrons. The van der Waals surface area contributed by atoms with E-state index in [1.54, 1.807) is 6.20 Å². The minimum absolute atomic E-state index is 0.0647. The van der Waals surface area contributed by atoms with E-state index in [1.165, 1.54) is 0 Å². The molecule has 5 heteroatoms. The minimum atomic E-state index is -0.292. The van der Waals surface area contributed by atoms with Gasteiger partial charge < -0.3 is 14.9 Å². The molecule has 3 unspecified atom stereocenters. The van der Waals surface area contributed by atoms with E-state index in [9.17, 15) is 9.90 Å². The van der Waals surface area contributed by atoms with Gasteiger partial charge in [-0.3, -0.25) is 9.78 Å². The lowest BCUT2D eigenvalue weighted by molar-refractivity contribution is -0.140. The van der Waals surface area contributed by atoms with Crippen LogP contribution in [-0.4, -0.2) is 53.2 Å². The van der Waals surface area contributed by atoms with Crippen LogP contribution in [0.3, 0.4) is 0 Å². The molecule has 2 aliphatic rings. The molecule has 2 fully saturated rings. The van der Waals surface area contributed by atoms with Gasteiger partial charge >= 0.3 is 0 Å². The number of aromatic nitrogens is 1. The molecule has 22 heavy (non-hydrogen) atoms. The first kappa shape index (κ1) is 15.3. The van der Waals surface area contributed by atoms with Gasteiger partial charge in [0.15, 0.2) is 0 Å². The normalized spacial score (nSPS) is 32.3. The number of rotatable bonds is 2. The number of nitrogens with zero attached hydrogens (tertiary/aromatic N) is 3. The lowest BCUT2D eigenvalue weighted by Gasteiger charge is -2.39. The van der Waals surface area contributed by atoms with Gasteiger partial charge in [0.1, 0.15) is 0 Å². The quantitative estimate of drug-likeness (QED) is 0.897. The first-order valence-corrected chi connectivity index (χ1v) is 8.18. The van der Waals surface area contributed by atoms with Crippen molar-refractivity contribution in [3.8, 4) is 0 Å². The van der Waals surface area contributed by atoms with Crippen molar-refractivity contribution in [2.24, 2.45) is 17.8 Å². The number of carbonyl (C=O) groups is 1. The number of piperidine rings is 1. The Kier molecular flexibility index (Phi) is 4.34. The zero-order valence-corrected chi connectivity index (χ0v) is 13.4. The highest BCUT2D eigenvalue weighted by molar-refractivity contribution is 5.80. The molecular formula is C17H25N3O2. The van der Waals surface area contributed by atoms with Crippen LogP contribution in [0.4, 0.5) is 5.69 Å². The molecule has 0 spiro atoms. The van der Waals surface area contributed by atoms with Crippen molar-refractivity contribution in [3.63, 3.8) is 0 Å². The van der Waals surface area contributed by atoms with Gasteiger partial charge in [-0.15, -0.1) is 0 Å². The van der Waals surface area contributed by atoms with Crippen molar-refractivity contribution in [2.75, 3.05) is 31.1 Å². The third-order valence-corrected chi connectivity index (χ3v) is 5.04. The topological polar surface area (TPSA) is 56.7 Å². The Bertz CT molecular complexity index is 510. The molecule has 0 bridgehead atoms. The number of aliphatic hydroxyl groups excluding tert-OH is 1. The molecular weight excluding hydrogens is 278 g/mol. The summed E-state index contributed by atoms with van der Waals surface area (Å²) in [6.45, 7) is 7.08. The second kappa shape index (κ2) is 6.24. The number of aliphatic hydroxyl groups is 1. The molecule has 2 saturated heterocycles. The SMILES string of the molecule is CC1CN(C(=O)C2CCN(c3cccnc3)C2)CC(C)C1O. The Morgan fingerprint density at radius 2 is 2.00 bits per heavy atom. The third kappa shape index (κ3) is 2.95. The molecule has 3 atom stereocenters. The fourth-order valence-corrected chi connectivity index (χ4v) is 3.72. The number of pyridine rings is 1. The summed E-state index contributed by atoms with van der Waals surface area (Å²) in [7, 11) is 0. The zero-order chi connectivity index (χ0) is 15.7. The van der Waals surface area contributed by atoms with Gasteiger partial charge in [-0.05, 0) is 30.4 Å². The summed E-state index contributed by atoms with van der Waals surface area (Å²) in [4.78, 5) is 21.1. The van der Waals surface area contributed by atoms with Crippen LogP contribution in [0.25, 0.3) is 0 Å². The predicted octanol–water partition coefficient (Wildman–Crippen LogP) is 1.38. The van der Waals surface area contributed by atoms with Crippen LogP contribution < -0.4 is 4.90 Å². The molecule has 5 nitrogen and oxygen atoms in total. The number of likely N-dealkylation sites (tertiary alicyclic amines) is 1. The molecule has 3 rings (SSSR count). The highest BCUT2D eigenvalue weighted by atomic mass is 16.3. The van der Waals surface area contributed by atoms with Crippen molar-refractivity contribution >= 4 is 11.6 Å². The largest absolute Gasteiger partial charge is 0.392 e. The van der Waals surface area contributed by atoms with Crippen LogP contribution in [0.5, 0.6) is 0 Å². The van der Waals surface area contributed by atoms with E-state index in [0.29, 0.717) is 13.1 Å². The summed E-state index contributed by atoms with van der Waals surface area (Å²) in [5.74, 6) is 0.624. The van der Waals surface area contributed by atoms with Crippen molar-refractivity contribution in [1.29, 1.82) is 0 Å². The van der Waals surface area contributed by atoms with Gasteiger partial charge in [0.05, 0.1) is 23.9 Å². The van der Waals surface area contributed by atoms with Gasteiger partial charge in [0.25, 0.3) is 0 Å². The Labute approximate surface area is 131 Å². The number of hydrogen-bond acceptors (Lipinski definition) is 4. The zero-order valence-electron chi connectivity index (χ0n) is 13.4. The van der Waals surface area contributed by atoms with Crippen molar-refractivity contribution in [1.82, 2.24) is 9.88 Å². The van der Waals surface area contributed by atoms with Crippen molar-refractivity contribution in [2.45, 2.75) is 26.4 Å². The molecule has 1 N–H and O–H groups in total. The summed E-state index contributed by atoms with van der Waals surface area (Å²) in [6, 6.07) is 3.97. The number of hydrogen-bond donors (Lipinski definition) is 1. The van der Waals surface area contributed by atoms with E-state index < -0.39 is 0 Å². The predicted molar refractivity (Wildman–Crippen MR) is 85.5 cm³/mol. The number of anilines is 1. The first-order valence-electron chi connectivity index (χ1n) is 8.18. The van der Waals surface area contributed by atoms with Crippen LogP contribution in [0.1, 0.15) is 20.3 Å². The van der Waals surface area contributed by atoms with Gasteiger partial charge in [-0.2, -0.15) is 0 Å². The molecule has 1 aromatic rings. The maximum atomic E-state index is 12.8. The average Bonchev–Trinajstić information content (AvgIpc) is 3.02. The van der Waals surface area contributed by atoms with E-state index >= 15 is 0 Å². The summed E-state index contributed by atoms with van der Waals surface area (Å²) in [5, 5.41) is 10.0. The third-order valence-electron chi connectivity index (χ3n) is 5.04. The van der Waals surface area contributed by atoms with E-state index in [4.69, 9.17) is 0 Å².